The summed E-state index contributed by atoms with van der Waals surface area (Å²) in [5.41, 5.74) is 0. The second kappa shape index (κ2) is 24.7. The molecule has 0 bridgehead atoms. The molecule has 0 radical (unpaired) electrons. The summed E-state index contributed by atoms with van der Waals surface area (Å²) in [6.07, 6.45) is 22.7. The summed E-state index contributed by atoms with van der Waals surface area (Å²) in [5.74, 6) is -1.00. The first-order valence-electron chi connectivity index (χ1n) is 13.7. The third-order valence-electron chi connectivity index (χ3n) is 5.76. The maximum Gasteiger partial charge on any atom is 0.306 e. The van der Waals surface area contributed by atoms with Gasteiger partial charge < -0.3 is 18.6 Å². The Morgan fingerprint density at radius 2 is 0.839 bits per heavy atom. The van der Waals surface area contributed by atoms with Crippen molar-refractivity contribution in [2.75, 3.05) is 26.4 Å². The topological polar surface area (TPSA) is 36.9 Å². The summed E-state index contributed by atoms with van der Waals surface area (Å²) in [7, 11) is -0.524. The highest BCUT2D eigenvalue weighted by Crippen LogP contribution is 2.17. The fraction of sp³-hybridized carbons (Fsp3) is 1.00. The molecular weight excluding hydrogens is 404 g/mol. The predicted molar refractivity (Wildman–Crippen MR) is 136 cm³/mol. The van der Waals surface area contributed by atoms with Crippen molar-refractivity contribution in [1.82, 2.24) is 0 Å². The molecule has 31 heavy (non-hydrogen) atoms. The third-order valence-corrected chi connectivity index (χ3v) is 7.05. The molecule has 0 aromatic carbocycles. The van der Waals surface area contributed by atoms with Crippen LogP contribution in [0.5, 0.6) is 0 Å². The van der Waals surface area contributed by atoms with Crippen molar-refractivity contribution in [2.45, 2.75) is 142 Å². The van der Waals surface area contributed by atoms with E-state index in [0.29, 0.717) is 26.4 Å². The minimum absolute atomic E-state index is 0.396. The van der Waals surface area contributed by atoms with Crippen LogP contribution in [0.1, 0.15) is 130 Å². The molecule has 0 aliphatic carbocycles. The number of hydrogen-bond acceptors (Lipinski definition) is 4. The fourth-order valence-electron chi connectivity index (χ4n) is 4.04. The van der Waals surface area contributed by atoms with E-state index in [0.717, 1.165) is 0 Å². The van der Waals surface area contributed by atoms with Crippen molar-refractivity contribution in [2.24, 2.45) is 0 Å². The van der Waals surface area contributed by atoms with E-state index in [1.54, 1.807) is 0 Å². The van der Waals surface area contributed by atoms with Gasteiger partial charge in [0.2, 0.25) is 0 Å². The van der Waals surface area contributed by atoms with Crippen molar-refractivity contribution in [3.05, 3.63) is 0 Å². The molecule has 0 amide bonds. The van der Waals surface area contributed by atoms with Gasteiger partial charge in [-0.2, -0.15) is 0 Å². The Balaban J connectivity index is 3.39. The Bertz CT molecular complexity index is 324. The maximum absolute atomic E-state index is 5.94. The Labute approximate surface area is 197 Å². The lowest BCUT2D eigenvalue weighted by Crippen LogP contribution is -2.44. The van der Waals surface area contributed by atoms with Crippen LogP contribution >= 0.6 is 0 Å². The maximum atomic E-state index is 5.94. The minimum atomic E-state index is -1.00. The van der Waals surface area contributed by atoms with Gasteiger partial charge in [-0.1, -0.05) is 110 Å². The van der Waals surface area contributed by atoms with Crippen LogP contribution in [0.4, 0.5) is 0 Å². The molecule has 188 valence electrons. The quantitative estimate of drug-likeness (QED) is 0.0759. The SMILES string of the molecule is CCCCCCCCCCCCCCCCCC[SiH2]OCC(OCC)(OCC)OCC. The summed E-state index contributed by atoms with van der Waals surface area (Å²) in [6, 6.07) is 1.24. The summed E-state index contributed by atoms with van der Waals surface area (Å²) in [4.78, 5) is 0. The van der Waals surface area contributed by atoms with E-state index in [4.69, 9.17) is 18.6 Å². The predicted octanol–water partition coefficient (Wildman–Crippen LogP) is 7.53. The van der Waals surface area contributed by atoms with Crippen LogP contribution in [-0.2, 0) is 18.6 Å². The van der Waals surface area contributed by atoms with Gasteiger partial charge in [-0.05, 0) is 26.8 Å². The normalized spacial score (nSPS) is 12.4. The highest BCUT2D eigenvalue weighted by atomic mass is 28.2. The van der Waals surface area contributed by atoms with E-state index in [9.17, 15) is 0 Å². The Kier molecular flexibility index (Phi) is 24.7. The van der Waals surface area contributed by atoms with Crippen LogP contribution in [0, 0.1) is 0 Å². The van der Waals surface area contributed by atoms with Crippen LogP contribution in [0.2, 0.25) is 6.04 Å². The van der Waals surface area contributed by atoms with E-state index in [1.165, 1.54) is 109 Å². The van der Waals surface area contributed by atoms with E-state index in [-0.39, 0.29) is 0 Å². The largest absolute Gasteiger partial charge is 0.416 e. The smallest absolute Gasteiger partial charge is 0.306 e. The van der Waals surface area contributed by atoms with Crippen molar-refractivity contribution < 1.29 is 18.6 Å². The van der Waals surface area contributed by atoms with E-state index < -0.39 is 15.7 Å². The lowest BCUT2D eigenvalue weighted by Gasteiger charge is -2.32. The second-order valence-corrected chi connectivity index (χ2v) is 10.2. The summed E-state index contributed by atoms with van der Waals surface area (Å²) in [6.45, 7) is 10.2. The molecule has 0 heterocycles. The molecule has 5 heteroatoms. The summed E-state index contributed by atoms with van der Waals surface area (Å²) < 4.78 is 23.0. The first-order valence-corrected chi connectivity index (χ1v) is 15.3. The van der Waals surface area contributed by atoms with Crippen molar-refractivity contribution in [1.29, 1.82) is 0 Å². The molecule has 0 spiro atoms. The molecule has 4 nitrogen and oxygen atoms in total. The van der Waals surface area contributed by atoms with Crippen molar-refractivity contribution >= 4 is 9.76 Å². The number of rotatable bonds is 26. The van der Waals surface area contributed by atoms with Gasteiger partial charge in [-0.3, -0.25) is 0 Å². The molecule has 0 aliphatic heterocycles. The molecule has 0 fully saturated rings. The Morgan fingerprint density at radius 1 is 0.484 bits per heavy atom. The van der Waals surface area contributed by atoms with E-state index in [1.807, 2.05) is 20.8 Å². The lowest BCUT2D eigenvalue weighted by atomic mass is 10.0. The minimum Gasteiger partial charge on any atom is -0.416 e. The molecule has 0 rings (SSSR count). The van der Waals surface area contributed by atoms with Gasteiger partial charge in [0.05, 0.1) is 0 Å². The number of ether oxygens (including phenoxy) is 3. The van der Waals surface area contributed by atoms with Crippen LogP contribution in [0.25, 0.3) is 0 Å². The summed E-state index contributed by atoms with van der Waals surface area (Å²) >= 11 is 0. The van der Waals surface area contributed by atoms with E-state index >= 15 is 0 Å². The summed E-state index contributed by atoms with van der Waals surface area (Å²) in [5, 5.41) is 0. The zero-order valence-corrected chi connectivity index (χ0v) is 23.1. The van der Waals surface area contributed by atoms with Crippen molar-refractivity contribution in [3.8, 4) is 0 Å². The standard InChI is InChI=1S/C26H56O4Si/c1-5-9-10-11-12-13-14-15-16-17-18-19-20-21-22-23-24-31-30-25-26(27-6-2,28-7-3)29-8-4/h5-25,31H2,1-4H3. The molecule has 0 aromatic rings. The second-order valence-electron chi connectivity index (χ2n) is 8.69. The molecule has 0 atom stereocenters. The molecule has 0 unspecified atom stereocenters. The fourth-order valence-corrected chi connectivity index (χ4v) is 5.19. The van der Waals surface area contributed by atoms with Crippen LogP contribution in [-0.4, -0.2) is 42.2 Å². The molecular formula is C26H56O4Si. The van der Waals surface area contributed by atoms with E-state index in [2.05, 4.69) is 6.92 Å². The highest BCUT2D eigenvalue weighted by molar-refractivity contribution is 6.26. The van der Waals surface area contributed by atoms with Gasteiger partial charge in [-0.15, -0.1) is 0 Å². The highest BCUT2D eigenvalue weighted by Gasteiger charge is 2.32. The van der Waals surface area contributed by atoms with Gasteiger partial charge in [-0.25, -0.2) is 0 Å². The Morgan fingerprint density at radius 3 is 1.19 bits per heavy atom. The molecule has 0 N–H and O–H groups in total. The van der Waals surface area contributed by atoms with Gasteiger partial charge in [0.1, 0.15) is 6.61 Å². The third kappa shape index (κ3) is 20.4. The lowest BCUT2D eigenvalue weighted by molar-refractivity contribution is -0.385. The average Bonchev–Trinajstić information content (AvgIpc) is 2.76. The van der Waals surface area contributed by atoms with Gasteiger partial charge in [0.15, 0.2) is 9.76 Å². The monoisotopic (exact) mass is 460 g/mol. The zero-order valence-electron chi connectivity index (χ0n) is 21.7. The number of hydrogen-bond donors (Lipinski definition) is 0. The average molecular weight is 461 g/mol. The van der Waals surface area contributed by atoms with Crippen LogP contribution in [0.3, 0.4) is 0 Å². The van der Waals surface area contributed by atoms with Crippen LogP contribution in [0.15, 0.2) is 0 Å². The molecule has 0 aliphatic rings. The molecule has 0 aromatic heterocycles. The zero-order chi connectivity index (χ0) is 22.9. The van der Waals surface area contributed by atoms with Crippen LogP contribution < -0.4 is 0 Å². The van der Waals surface area contributed by atoms with Gasteiger partial charge in [0, 0.05) is 19.8 Å². The molecule has 0 saturated heterocycles. The number of unbranched alkanes of at least 4 members (excludes halogenated alkanes) is 15. The molecule has 0 saturated carbocycles. The van der Waals surface area contributed by atoms with Gasteiger partial charge in [0.25, 0.3) is 0 Å². The Hall–Kier alpha value is 0.0569. The van der Waals surface area contributed by atoms with Crippen molar-refractivity contribution in [3.63, 3.8) is 0 Å². The first kappa shape index (κ1) is 31.1. The van der Waals surface area contributed by atoms with Gasteiger partial charge >= 0.3 is 5.97 Å². The first-order chi connectivity index (χ1) is 15.2.